The molecule has 12 heteroatoms. The van der Waals surface area contributed by atoms with Crippen LogP contribution in [0, 0.1) is 0 Å². The summed E-state index contributed by atoms with van der Waals surface area (Å²) in [5, 5.41) is 8.58. The Bertz CT molecular complexity index is 731. The van der Waals surface area contributed by atoms with Crippen molar-refractivity contribution in [2.75, 3.05) is 6.61 Å². The van der Waals surface area contributed by atoms with Crippen molar-refractivity contribution in [1.29, 1.82) is 0 Å². The van der Waals surface area contributed by atoms with Gasteiger partial charge >= 0.3 is 30.0 Å². The molecule has 0 bridgehead atoms. The molecule has 0 saturated carbocycles. The summed E-state index contributed by atoms with van der Waals surface area (Å²) in [6.45, 7) is 12.2. The van der Waals surface area contributed by atoms with Crippen LogP contribution in [0.25, 0.3) is 0 Å². The van der Waals surface area contributed by atoms with E-state index in [1.807, 2.05) is 0 Å². The van der Waals surface area contributed by atoms with Gasteiger partial charge in [-0.05, 0) is 40.7 Å². The number of carboxylic acids is 1. The lowest BCUT2D eigenvalue weighted by atomic mass is 10.1. The second kappa shape index (κ2) is 11.6. The predicted octanol–water partition coefficient (Wildman–Crippen LogP) is 4.56. The quantitative estimate of drug-likeness (QED) is 0.258. The van der Waals surface area contributed by atoms with Crippen molar-refractivity contribution in [1.82, 2.24) is 0 Å². The Morgan fingerprint density at radius 3 is 1.77 bits per heavy atom. The lowest BCUT2D eigenvalue weighted by Gasteiger charge is -2.22. The van der Waals surface area contributed by atoms with Gasteiger partial charge in [-0.3, -0.25) is 0 Å². The highest BCUT2D eigenvalue weighted by atomic mass is 19.4. The second-order valence-electron chi connectivity index (χ2n) is 7.18. The van der Waals surface area contributed by atoms with Gasteiger partial charge in [-0.15, -0.1) is 0 Å². The first-order valence-electron chi connectivity index (χ1n) is 8.37. The number of halogens is 6. The van der Waals surface area contributed by atoms with E-state index in [2.05, 4.69) is 17.9 Å². The van der Waals surface area contributed by atoms with Crippen molar-refractivity contribution in [2.24, 2.45) is 0 Å². The summed E-state index contributed by atoms with van der Waals surface area (Å²) in [6, 6.07) is 0. The zero-order chi connectivity index (χ0) is 25.4. The Labute approximate surface area is 175 Å². The van der Waals surface area contributed by atoms with Crippen molar-refractivity contribution in [3.63, 3.8) is 0 Å². The highest BCUT2D eigenvalue weighted by molar-refractivity contribution is 5.95. The van der Waals surface area contributed by atoms with E-state index in [1.165, 1.54) is 13.0 Å². The third-order valence-corrected chi connectivity index (χ3v) is 2.79. The van der Waals surface area contributed by atoms with E-state index >= 15 is 0 Å². The molecule has 1 unspecified atom stereocenters. The number of carbonyl (C=O) groups excluding carboxylic acids is 2. The van der Waals surface area contributed by atoms with Crippen molar-refractivity contribution < 1.29 is 55.3 Å². The van der Waals surface area contributed by atoms with Crippen LogP contribution in [-0.2, 0) is 23.9 Å². The minimum atomic E-state index is -5.71. The van der Waals surface area contributed by atoms with Gasteiger partial charge in [-0.2, -0.15) is 22.0 Å². The number of aliphatic carboxylic acids is 1. The average molecular weight is 462 g/mol. The van der Waals surface area contributed by atoms with Crippen molar-refractivity contribution >= 4 is 17.9 Å². The largest absolute Gasteiger partial charge is 0.478 e. The Hall–Kier alpha value is -2.79. The van der Waals surface area contributed by atoms with Gasteiger partial charge in [-0.1, -0.05) is 13.2 Å². The van der Waals surface area contributed by atoms with Crippen molar-refractivity contribution in [3.8, 4) is 0 Å². The second-order valence-corrected chi connectivity index (χ2v) is 7.18. The first-order chi connectivity index (χ1) is 13.6. The number of carbonyl (C=O) groups is 3. The van der Waals surface area contributed by atoms with Crippen LogP contribution >= 0.6 is 0 Å². The molecular weight excluding hydrogens is 438 g/mol. The minimum Gasteiger partial charge on any atom is -0.478 e. The van der Waals surface area contributed by atoms with Crippen molar-refractivity contribution in [2.45, 2.75) is 58.5 Å². The molecule has 0 saturated heterocycles. The molecule has 178 valence electrons. The lowest BCUT2D eigenvalue weighted by molar-refractivity contribution is -0.253. The summed E-state index contributed by atoms with van der Waals surface area (Å²) < 4.78 is 80.9. The van der Waals surface area contributed by atoms with E-state index in [1.54, 1.807) is 20.8 Å². The van der Waals surface area contributed by atoms with E-state index in [0.717, 1.165) is 6.92 Å². The Morgan fingerprint density at radius 1 is 1.00 bits per heavy atom. The average Bonchev–Trinajstić information content (AvgIpc) is 2.56. The Morgan fingerprint density at radius 2 is 1.45 bits per heavy atom. The van der Waals surface area contributed by atoms with Gasteiger partial charge < -0.3 is 14.6 Å². The predicted molar refractivity (Wildman–Crippen MR) is 98.0 cm³/mol. The van der Waals surface area contributed by atoms with Crippen LogP contribution in [0.5, 0.6) is 0 Å². The van der Waals surface area contributed by atoms with Gasteiger partial charge in [0.25, 0.3) is 6.17 Å². The first kappa shape index (κ1) is 30.4. The standard InChI is InChI=1S/C11H16O4.C8H8F6O2/c1-7(9(12)13)6-8(2)10(14)15-11(3,4)5;1-4(2)5(15)16-3-7(10,11)6(9)8(12,13)14/h6H,2H2,1,3-5H3,(H,12,13);6H,1,3H2,2H3. The molecule has 0 aromatic carbocycles. The normalized spacial score (nSPS) is 13.3. The molecule has 0 fully saturated rings. The zero-order valence-corrected chi connectivity index (χ0v) is 17.5. The maximum Gasteiger partial charge on any atom is 0.425 e. The topological polar surface area (TPSA) is 89.9 Å². The molecule has 0 aliphatic rings. The molecule has 0 heterocycles. The minimum absolute atomic E-state index is 0.0322. The summed E-state index contributed by atoms with van der Waals surface area (Å²) in [4.78, 5) is 32.4. The number of alkyl halides is 6. The third-order valence-electron chi connectivity index (χ3n) is 2.79. The van der Waals surface area contributed by atoms with Crippen LogP contribution < -0.4 is 0 Å². The van der Waals surface area contributed by atoms with E-state index in [4.69, 9.17) is 9.84 Å². The molecule has 0 amide bonds. The highest BCUT2D eigenvalue weighted by Gasteiger charge is 2.57. The number of rotatable bonds is 7. The molecule has 31 heavy (non-hydrogen) atoms. The first-order valence-corrected chi connectivity index (χ1v) is 8.37. The molecule has 0 aromatic rings. The molecule has 0 spiro atoms. The number of esters is 2. The highest BCUT2D eigenvalue weighted by Crippen LogP contribution is 2.35. The molecular formula is C19H24F6O6. The Kier molecular flexibility index (Phi) is 11.3. The summed E-state index contributed by atoms with van der Waals surface area (Å²) in [7, 11) is 0. The van der Waals surface area contributed by atoms with Crippen LogP contribution in [0.1, 0.15) is 34.6 Å². The van der Waals surface area contributed by atoms with Gasteiger partial charge in [0.15, 0.2) is 6.61 Å². The van der Waals surface area contributed by atoms with E-state index < -0.39 is 48.4 Å². The number of hydrogen-bond donors (Lipinski definition) is 1. The van der Waals surface area contributed by atoms with Crippen LogP contribution in [0.4, 0.5) is 26.3 Å². The molecule has 0 radical (unpaired) electrons. The molecule has 0 aromatic heterocycles. The van der Waals surface area contributed by atoms with Gasteiger partial charge in [-0.25, -0.2) is 18.8 Å². The fourth-order valence-electron chi connectivity index (χ4n) is 1.32. The van der Waals surface area contributed by atoms with E-state index in [9.17, 15) is 40.7 Å². The van der Waals surface area contributed by atoms with Crippen LogP contribution in [0.3, 0.4) is 0 Å². The molecule has 6 nitrogen and oxygen atoms in total. The zero-order valence-electron chi connectivity index (χ0n) is 17.5. The summed E-state index contributed by atoms with van der Waals surface area (Å²) in [6.07, 6.45) is -8.90. The fraction of sp³-hybridized carbons (Fsp3) is 0.526. The third kappa shape index (κ3) is 13.2. The molecule has 0 rings (SSSR count). The van der Waals surface area contributed by atoms with E-state index in [-0.39, 0.29) is 16.7 Å². The molecule has 1 atom stereocenters. The van der Waals surface area contributed by atoms with Crippen LogP contribution in [-0.4, -0.2) is 53.5 Å². The van der Waals surface area contributed by atoms with Crippen molar-refractivity contribution in [3.05, 3.63) is 36.0 Å². The monoisotopic (exact) mass is 462 g/mol. The number of hydrogen-bond acceptors (Lipinski definition) is 5. The lowest BCUT2D eigenvalue weighted by Crippen LogP contribution is -2.45. The van der Waals surface area contributed by atoms with Gasteiger partial charge in [0.2, 0.25) is 0 Å². The molecule has 0 aliphatic carbocycles. The summed E-state index contributed by atoms with van der Waals surface area (Å²) in [5.74, 6) is -7.82. The van der Waals surface area contributed by atoms with E-state index in [0.29, 0.717) is 0 Å². The smallest absolute Gasteiger partial charge is 0.425 e. The molecule has 0 aliphatic heterocycles. The number of ether oxygens (including phenoxy) is 2. The van der Waals surface area contributed by atoms with Crippen LogP contribution in [0.15, 0.2) is 36.0 Å². The molecule has 1 N–H and O–H groups in total. The summed E-state index contributed by atoms with van der Waals surface area (Å²) in [5.41, 5.74) is -0.806. The van der Waals surface area contributed by atoms with Crippen LogP contribution in [0.2, 0.25) is 0 Å². The maximum absolute atomic E-state index is 12.5. The fourth-order valence-corrected chi connectivity index (χ4v) is 1.32. The van der Waals surface area contributed by atoms with Gasteiger partial charge in [0, 0.05) is 11.1 Å². The maximum atomic E-state index is 12.5. The number of carboxylic acid groups (broad SMARTS) is 1. The van der Waals surface area contributed by atoms with Gasteiger partial charge in [0.05, 0.1) is 5.57 Å². The Balaban J connectivity index is 0. The SMILES string of the molecule is C=C(C)C(=O)OCC(F)(F)C(F)C(F)(F)F.C=C(C=C(C)C(=O)O)C(=O)OC(C)(C)C. The summed E-state index contributed by atoms with van der Waals surface area (Å²) >= 11 is 0. The van der Waals surface area contributed by atoms with Gasteiger partial charge in [0.1, 0.15) is 5.60 Å².